The van der Waals surface area contributed by atoms with Gasteiger partial charge in [0.2, 0.25) is 5.95 Å². The van der Waals surface area contributed by atoms with Crippen molar-refractivity contribution in [2.75, 3.05) is 19.8 Å². The molecule has 3 N–H and O–H groups in total. The molecule has 1 amide bonds. The van der Waals surface area contributed by atoms with Crippen LogP contribution in [0.2, 0.25) is 0 Å². The van der Waals surface area contributed by atoms with E-state index >= 15 is 4.39 Å². The molecule has 0 radical (unpaired) electrons. The van der Waals surface area contributed by atoms with Crippen molar-refractivity contribution in [2.45, 2.75) is 64.5 Å². The number of rotatable bonds is 9. The largest absolute Gasteiger partial charge is 0.492 e. The van der Waals surface area contributed by atoms with Crippen molar-refractivity contribution in [1.29, 1.82) is 0 Å². The molecular weight excluding hydrogens is 573 g/mol. The molecule has 1 unspecified atom stereocenters. The van der Waals surface area contributed by atoms with Crippen LogP contribution in [0.15, 0.2) is 47.9 Å². The summed E-state index contributed by atoms with van der Waals surface area (Å²) in [6.07, 6.45) is -5.03. The zero-order chi connectivity index (χ0) is 31.4. The van der Waals surface area contributed by atoms with Gasteiger partial charge in [0.25, 0.3) is 0 Å². The number of nitrogens with one attached hydrogen (secondary N) is 1. The SMILES string of the molecule is CC(C)(C)OC(=O)NCCOc1ccc(/C(=C(/CC(F)(F)F)B(O)O)c2ccc3c(c2)c(F)nn3C2CCCCO2)cc1. The zero-order valence-corrected chi connectivity index (χ0v) is 24.1. The van der Waals surface area contributed by atoms with Crippen molar-refractivity contribution in [3.63, 3.8) is 0 Å². The van der Waals surface area contributed by atoms with Crippen molar-refractivity contribution in [1.82, 2.24) is 15.1 Å². The summed E-state index contributed by atoms with van der Waals surface area (Å²) in [6, 6.07) is 10.3. The number of hydrogen-bond donors (Lipinski definition) is 3. The van der Waals surface area contributed by atoms with Crippen LogP contribution < -0.4 is 10.1 Å². The molecule has 1 fully saturated rings. The smallest absolute Gasteiger partial charge is 0.485 e. The highest BCUT2D eigenvalue weighted by molar-refractivity contribution is 6.53. The van der Waals surface area contributed by atoms with Crippen LogP contribution in [0, 0.1) is 5.95 Å². The van der Waals surface area contributed by atoms with Gasteiger partial charge in [0.05, 0.1) is 23.9 Å². The molecule has 0 spiro atoms. The molecule has 232 valence electrons. The van der Waals surface area contributed by atoms with Crippen LogP contribution in [-0.2, 0) is 9.47 Å². The second-order valence-electron chi connectivity index (χ2n) is 11.2. The molecule has 0 saturated carbocycles. The molecule has 2 aromatic carbocycles. The van der Waals surface area contributed by atoms with Gasteiger partial charge in [0.15, 0.2) is 6.23 Å². The number of fused-ring (bicyclic) bond motifs is 1. The average molecular weight is 607 g/mol. The standard InChI is InChI=1S/C29H34BF4N3O6/c1-28(2,3)43-27(38)35-13-15-41-20-10-7-18(8-11-20)25(22(30(39)40)17-29(32,33)34)19-9-12-23-21(16-19)26(31)36-37(23)24-6-4-5-14-42-24/h7-12,16,24,39-40H,4-6,13-15,17H2,1-3H3,(H,35,38)/b25-22+. The number of aromatic nitrogens is 2. The van der Waals surface area contributed by atoms with E-state index in [1.54, 1.807) is 20.8 Å². The van der Waals surface area contributed by atoms with E-state index in [0.29, 0.717) is 24.3 Å². The third kappa shape index (κ3) is 8.71. The van der Waals surface area contributed by atoms with Gasteiger partial charge < -0.3 is 29.6 Å². The van der Waals surface area contributed by atoms with Gasteiger partial charge in [0, 0.05) is 6.61 Å². The third-order valence-electron chi connectivity index (χ3n) is 6.58. The lowest BCUT2D eigenvalue weighted by Gasteiger charge is -2.23. The maximum absolute atomic E-state index is 15.0. The molecule has 2 heterocycles. The molecular formula is C29H34BF4N3O6. The summed E-state index contributed by atoms with van der Waals surface area (Å²) in [5, 5.41) is 26.7. The number of carbonyl (C=O) groups excluding carboxylic acids is 1. The van der Waals surface area contributed by atoms with Crippen molar-refractivity contribution >= 4 is 29.7 Å². The van der Waals surface area contributed by atoms with E-state index in [1.165, 1.54) is 47.1 Å². The van der Waals surface area contributed by atoms with Gasteiger partial charge >= 0.3 is 19.4 Å². The van der Waals surface area contributed by atoms with Crippen LogP contribution in [0.3, 0.4) is 0 Å². The van der Waals surface area contributed by atoms with Gasteiger partial charge in [0.1, 0.15) is 18.0 Å². The summed E-state index contributed by atoms with van der Waals surface area (Å²) < 4.78 is 73.7. The van der Waals surface area contributed by atoms with E-state index in [4.69, 9.17) is 14.2 Å². The Labute approximate surface area is 246 Å². The summed E-state index contributed by atoms with van der Waals surface area (Å²) in [4.78, 5) is 11.8. The maximum atomic E-state index is 15.0. The maximum Gasteiger partial charge on any atom is 0.485 e. The number of ether oxygens (including phenoxy) is 3. The monoisotopic (exact) mass is 607 g/mol. The normalized spacial score (nSPS) is 16.5. The van der Waals surface area contributed by atoms with Crippen LogP contribution in [0.1, 0.15) is 63.8 Å². The fourth-order valence-corrected chi connectivity index (χ4v) is 4.81. The number of alkyl halides is 3. The predicted octanol–water partition coefficient (Wildman–Crippen LogP) is 5.54. The molecule has 1 aliphatic rings. The van der Waals surface area contributed by atoms with Crippen molar-refractivity contribution in [3.8, 4) is 5.75 Å². The molecule has 0 aliphatic carbocycles. The molecule has 9 nitrogen and oxygen atoms in total. The van der Waals surface area contributed by atoms with E-state index in [9.17, 15) is 28.0 Å². The van der Waals surface area contributed by atoms with E-state index < -0.39 is 49.1 Å². The summed E-state index contributed by atoms with van der Waals surface area (Å²) in [5.74, 6) is -0.470. The number of carbonyl (C=O) groups is 1. The number of hydrogen-bond acceptors (Lipinski definition) is 7. The minimum Gasteiger partial charge on any atom is -0.492 e. The quantitative estimate of drug-likeness (QED) is 0.166. The van der Waals surface area contributed by atoms with Gasteiger partial charge in [-0.05, 0) is 86.5 Å². The Morgan fingerprint density at radius 3 is 2.42 bits per heavy atom. The average Bonchev–Trinajstić information content (AvgIpc) is 3.26. The first-order valence-corrected chi connectivity index (χ1v) is 13.9. The number of alkyl carbamates (subject to hydrolysis) is 1. The zero-order valence-electron chi connectivity index (χ0n) is 24.1. The van der Waals surface area contributed by atoms with E-state index in [1.807, 2.05) is 0 Å². The highest BCUT2D eigenvalue weighted by atomic mass is 19.4. The number of allylic oxidation sites excluding steroid dienone is 1. The topological polar surface area (TPSA) is 115 Å². The minimum absolute atomic E-state index is 0.0559. The van der Waals surface area contributed by atoms with Crippen molar-refractivity contribution in [3.05, 3.63) is 65.0 Å². The third-order valence-corrected chi connectivity index (χ3v) is 6.58. The molecule has 43 heavy (non-hydrogen) atoms. The fraction of sp³-hybridized carbons (Fsp3) is 0.448. The first-order valence-electron chi connectivity index (χ1n) is 13.9. The minimum atomic E-state index is -4.76. The van der Waals surface area contributed by atoms with Gasteiger partial charge in [-0.1, -0.05) is 18.2 Å². The Bertz CT molecular complexity index is 1450. The van der Waals surface area contributed by atoms with Gasteiger partial charge in [-0.25, -0.2) is 9.48 Å². The van der Waals surface area contributed by atoms with Gasteiger partial charge in [-0.3, -0.25) is 0 Å². The number of halogens is 4. The van der Waals surface area contributed by atoms with Gasteiger partial charge in [-0.15, -0.1) is 5.10 Å². The molecule has 0 bridgehead atoms. The summed E-state index contributed by atoms with van der Waals surface area (Å²) in [6.45, 7) is 5.93. The van der Waals surface area contributed by atoms with Crippen LogP contribution in [0.4, 0.5) is 22.4 Å². The summed E-state index contributed by atoms with van der Waals surface area (Å²) in [7, 11) is -2.44. The van der Waals surface area contributed by atoms with Crippen molar-refractivity contribution < 1.29 is 46.6 Å². The highest BCUT2D eigenvalue weighted by Gasteiger charge is 2.35. The molecule has 3 aromatic rings. The Balaban J connectivity index is 1.63. The molecule has 1 saturated heterocycles. The van der Waals surface area contributed by atoms with E-state index in [2.05, 4.69) is 10.4 Å². The number of benzene rings is 2. The highest BCUT2D eigenvalue weighted by Crippen LogP contribution is 2.37. The first kappa shape index (κ1) is 32.3. The van der Waals surface area contributed by atoms with E-state index in [-0.39, 0.29) is 35.2 Å². The second kappa shape index (κ2) is 13.4. The Kier molecular flexibility index (Phi) is 10.0. The molecule has 1 aromatic heterocycles. The van der Waals surface area contributed by atoms with Crippen LogP contribution in [0.5, 0.6) is 5.75 Å². The van der Waals surface area contributed by atoms with Crippen LogP contribution in [0.25, 0.3) is 16.5 Å². The van der Waals surface area contributed by atoms with Crippen molar-refractivity contribution in [2.24, 2.45) is 0 Å². The first-order chi connectivity index (χ1) is 20.2. The lowest BCUT2D eigenvalue weighted by Crippen LogP contribution is -2.34. The van der Waals surface area contributed by atoms with Gasteiger partial charge in [-0.2, -0.15) is 17.6 Å². The Morgan fingerprint density at radius 2 is 1.81 bits per heavy atom. The lowest BCUT2D eigenvalue weighted by atomic mass is 9.71. The molecule has 14 heteroatoms. The Hall–Kier alpha value is -3.62. The molecule has 1 atom stereocenters. The van der Waals surface area contributed by atoms with E-state index in [0.717, 1.165) is 12.8 Å². The van der Waals surface area contributed by atoms with Crippen LogP contribution >= 0.6 is 0 Å². The molecule has 1 aliphatic heterocycles. The molecule has 4 rings (SSSR count). The summed E-state index contributed by atoms with van der Waals surface area (Å²) in [5.41, 5.74) is -0.718. The van der Waals surface area contributed by atoms with Crippen LogP contribution in [-0.4, -0.2) is 64.6 Å². The fourth-order valence-electron chi connectivity index (χ4n) is 4.81. The lowest BCUT2D eigenvalue weighted by molar-refractivity contribution is -0.126. The number of nitrogens with zero attached hydrogens (tertiary/aromatic N) is 2. The second-order valence-corrected chi connectivity index (χ2v) is 11.2. The number of amides is 1. The summed E-state index contributed by atoms with van der Waals surface area (Å²) >= 11 is 0. The predicted molar refractivity (Wildman–Crippen MR) is 152 cm³/mol. The Morgan fingerprint density at radius 1 is 1.12 bits per heavy atom.